The van der Waals surface area contributed by atoms with Crippen LogP contribution in [0.5, 0.6) is 5.75 Å². The third-order valence-corrected chi connectivity index (χ3v) is 4.47. The molecule has 0 bridgehead atoms. The van der Waals surface area contributed by atoms with Crippen LogP contribution >= 0.6 is 0 Å². The molecule has 0 saturated heterocycles. The number of Topliss-reactive ketones (excluding diaryl/α,β-unsaturated/α-hetero) is 1. The fraction of sp³-hybridized carbons (Fsp3) is 0.286. The standard InChI is InChI=1S/C21H22N2O4/c1-21(2,3)19(25)16-17(13-7-6-10-22-12-13)23(20(26)18(16)24)14-8-5-9-15(11-14)27-4/h5-12,17,24H,1-4H3. The van der Waals surface area contributed by atoms with E-state index in [1.54, 1.807) is 69.6 Å². The van der Waals surface area contributed by atoms with Crippen molar-refractivity contribution < 1.29 is 19.4 Å². The van der Waals surface area contributed by atoms with Crippen molar-refractivity contribution >= 4 is 17.4 Å². The largest absolute Gasteiger partial charge is 0.503 e. The minimum absolute atomic E-state index is 0.0864. The van der Waals surface area contributed by atoms with Crippen molar-refractivity contribution in [1.82, 2.24) is 4.98 Å². The molecule has 1 atom stereocenters. The Morgan fingerprint density at radius 3 is 2.56 bits per heavy atom. The maximum Gasteiger partial charge on any atom is 0.294 e. The zero-order valence-electron chi connectivity index (χ0n) is 15.8. The number of benzene rings is 1. The number of carbonyl (C=O) groups is 2. The van der Waals surface area contributed by atoms with E-state index in [4.69, 9.17) is 4.74 Å². The predicted molar refractivity (Wildman–Crippen MR) is 102 cm³/mol. The van der Waals surface area contributed by atoms with Crippen LogP contribution in [-0.4, -0.2) is 28.9 Å². The van der Waals surface area contributed by atoms with Gasteiger partial charge in [-0.3, -0.25) is 19.5 Å². The van der Waals surface area contributed by atoms with Gasteiger partial charge in [0.05, 0.1) is 18.7 Å². The fourth-order valence-corrected chi connectivity index (χ4v) is 3.12. The summed E-state index contributed by atoms with van der Waals surface area (Å²) in [4.78, 5) is 31.5. The minimum Gasteiger partial charge on any atom is -0.503 e. The van der Waals surface area contributed by atoms with E-state index in [9.17, 15) is 14.7 Å². The zero-order valence-corrected chi connectivity index (χ0v) is 15.8. The normalized spacial score (nSPS) is 17.4. The molecule has 0 spiro atoms. The van der Waals surface area contributed by atoms with Crippen LogP contribution in [-0.2, 0) is 9.59 Å². The average molecular weight is 366 g/mol. The number of methoxy groups -OCH3 is 1. The fourth-order valence-electron chi connectivity index (χ4n) is 3.12. The van der Waals surface area contributed by atoms with E-state index in [1.807, 2.05) is 0 Å². The Labute approximate surface area is 158 Å². The number of aliphatic hydroxyl groups is 1. The molecule has 140 valence electrons. The molecule has 1 aliphatic rings. The Morgan fingerprint density at radius 2 is 1.96 bits per heavy atom. The molecule has 0 saturated carbocycles. The topological polar surface area (TPSA) is 79.7 Å². The van der Waals surface area contributed by atoms with Crippen molar-refractivity contribution in [3.8, 4) is 5.75 Å². The van der Waals surface area contributed by atoms with E-state index < -0.39 is 23.1 Å². The second kappa shape index (κ2) is 6.87. The smallest absolute Gasteiger partial charge is 0.294 e. The van der Waals surface area contributed by atoms with Crippen LogP contribution in [0.2, 0.25) is 0 Å². The Kier molecular flexibility index (Phi) is 4.74. The van der Waals surface area contributed by atoms with E-state index >= 15 is 0 Å². The molecule has 1 aromatic heterocycles. The molecule has 6 nitrogen and oxygen atoms in total. The van der Waals surface area contributed by atoms with Crippen molar-refractivity contribution in [1.29, 1.82) is 0 Å². The number of rotatable bonds is 4. The highest BCUT2D eigenvalue weighted by Crippen LogP contribution is 2.43. The van der Waals surface area contributed by atoms with Crippen LogP contribution in [0.3, 0.4) is 0 Å². The van der Waals surface area contributed by atoms with Crippen molar-refractivity contribution in [2.24, 2.45) is 5.41 Å². The third-order valence-electron chi connectivity index (χ3n) is 4.47. The third kappa shape index (κ3) is 3.30. The van der Waals surface area contributed by atoms with Gasteiger partial charge in [0.1, 0.15) is 5.75 Å². The number of anilines is 1. The number of aliphatic hydroxyl groups excluding tert-OH is 1. The number of hydrogen-bond acceptors (Lipinski definition) is 5. The van der Waals surface area contributed by atoms with Crippen LogP contribution in [0.4, 0.5) is 5.69 Å². The van der Waals surface area contributed by atoms with Gasteiger partial charge in [-0.15, -0.1) is 0 Å². The summed E-state index contributed by atoms with van der Waals surface area (Å²) in [5.41, 5.74) is 0.499. The van der Waals surface area contributed by atoms with Gasteiger partial charge >= 0.3 is 0 Å². The van der Waals surface area contributed by atoms with Crippen molar-refractivity contribution in [2.75, 3.05) is 12.0 Å². The van der Waals surface area contributed by atoms with Gasteiger partial charge in [0.15, 0.2) is 11.5 Å². The van der Waals surface area contributed by atoms with E-state index in [1.165, 1.54) is 12.0 Å². The molecule has 0 aliphatic carbocycles. The van der Waals surface area contributed by atoms with Gasteiger partial charge in [-0.1, -0.05) is 32.9 Å². The molecule has 27 heavy (non-hydrogen) atoms. The van der Waals surface area contributed by atoms with Gasteiger partial charge in [-0.05, 0) is 23.8 Å². The first-order chi connectivity index (χ1) is 12.8. The van der Waals surface area contributed by atoms with Crippen LogP contribution in [0, 0.1) is 5.41 Å². The van der Waals surface area contributed by atoms with Gasteiger partial charge in [-0.25, -0.2) is 0 Å². The molecule has 6 heteroatoms. The molecule has 2 heterocycles. The molecule has 1 aliphatic heterocycles. The number of amides is 1. The second-order valence-electron chi connectivity index (χ2n) is 7.41. The first-order valence-corrected chi connectivity index (χ1v) is 8.61. The van der Waals surface area contributed by atoms with Crippen LogP contribution in [0.15, 0.2) is 60.1 Å². The molecular formula is C21H22N2O4. The molecule has 0 fully saturated rings. The number of aromatic nitrogens is 1. The van der Waals surface area contributed by atoms with E-state index in [0.717, 1.165) is 0 Å². The van der Waals surface area contributed by atoms with Gasteiger partial charge in [0.2, 0.25) is 0 Å². The zero-order chi connectivity index (χ0) is 19.8. The quantitative estimate of drug-likeness (QED) is 0.894. The highest BCUT2D eigenvalue weighted by molar-refractivity contribution is 6.17. The lowest BCUT2D eigenvalue weighted by molar-refractivity contribution is -0.123. The number of ether oxygens (including phenoxy) is 1. The minimum atomic E-state index is -0.759. The highest BCUT2D eigenvalue weighted by Gasteiger charge is 2.46. The number of nitrogens with zero attached hydrogens (tertiary/aromatic N) is 2. The Balaban J connectivity index is 2.19. The summed E-state index contributed by atoms with van der Waals surface area (Å²) in [6.07, 6.45) is 3.21. The lowest BCUT2D eigenvalue weighted by Crippen LogP contribution is -2.32. The summed E-state index contributed by atoms with van der Waals surface area (Å²) in [5.74, 6) is -0.857. The summed E-state index contributed by atoms with van der Waals surface area (Å²) in [6.45, 7) is 5.28. The monoisotopic (exact) mass is 366 g/mol. The number of ketones is 1. The summed E-state index contributed by atoms with van der Waals surface area (Å²) in [6, 6.07) is 9.70. The van der Waals surface area contributed by atoms with Crippen LogP contribution in [0.1, 0.15) is 32.4 Å². The number of carbonyl (C=O) groups excluding carboxylic acids is 2. The van der Waals surface area contributed by atoms with Crippen LogP contribution < -0.4 is 9.64 Å². The maximum absolute atomic E-state index is 13.1. The summed E-state index contributed by atoms with van der Waals surface area (Å²) >= 11 is 0. The summed E-state index contributed by atoms with van der Waals surface area (Å²) in [7, 11) is 1.54. The second-order valence-corrected chi connectivity index (χ2v) is 7.41. The molecule has 1 aromatic carbocycles. The Bertz CT molecular complexity index is 913. The average Bonchev–Trinajstić information content (AvgIpc) is 2.92. The molecule has 3 rings (SSSR count). The molecule has 2 aromatic rings. The Hall–Kier alpha value is -3.15. The van der Waals surface area contributed by atoms with Crippen LogP contribution in [0.25, 0.3) is 0 Å². The molecule has 1 N–H and O–H groups in total. The molecule has 1 amide bonds. The lowest BCUT2D eigenvalue weighted by atomic mass is 9.82. The molecule has 0 radical (unpaired) electrons. The first-order valence-electron chi connectivity index (χ1n) is 8.61. The van der Waals surface area contributed by atoms with Gasteiger partial charge < -0.3 is 9.84 Å². The molecule has 1 unspecified atom stereocenters. The summed E-state index contributed by atoms with van der Waals surface area (Å²) in [5, 5.41) is 10.6. The lowest BCUT2D eigenvalue weighted by Gasteiger charge is -2.28. The number of hydrogen-bond donors (Lipinski definition) is 1. The number of pyridine rings is 1. The maximum atomic E-state index is 13.1. The van der Waals surface area contributed by atoms with E-state index in [2.05, 4.69) is 4.98 Å². The SMILES string of the molecule is COc1cccc(N2C(=O)C(O)=C(C(=O)C(C)(C)C)C2c2cccnc2)c1. The van der Waals surface area contributed by atoms with Gasteiger partial charge in [0, 0.05) is 29.6 Å². The first kappa shape index (κ1) is 18.6. The highest BCUT2D eigenvalue weighted by atomic mass is 16.5. The van der Waals surface area contributed by atoms with Gasteiger partial charge in [0.25, 0.3) is 5.91 Å². The van der Waals surface area contributed by atoms with Crippen molar-refractivity contribution in [3.63, 3.8) is 0 Å². The summed E-state index contributed by atoms with van der Waals surface area (Å²) < 4.78 is 5.25. The van der Waals surface area contributed by atoms with E-state index in [0.29, 0.717) is 17.0 Å². The Morgan fingerprint density at radius 1 is 1.22 bits per heavy atom. The van der Waals surface area contributed by atoms with Gasteiger partial charge in [-0.2, -0.15) is 0 Å². The molecular weight excluding hydrogens is 344 g/mol. The van der Waals surface area contributed by atoms with Crippen molar-refractivity contribution in [2.45, 2.75) is 26.8 Å². The van der Waals surface area contributed by atoms with Crippen molar-refractivity contribution in [3.05, 3.63) is 65.7 Å². The van der Waals surface area contributed by atoms with E-state index in [-0.39, 0.29) is 11.4 Å². The predicted octanol–water partition coefficient (Wildman–Crippen LogP) is 3.61.